The molecule has 0 fully saturated rings. The third kappa shape index (κ3) is 3.41. The molecule has 0 bridgehead atoms. The number of ketones is 1. The van der Waals surface area contributed by atoms with Gasteiger partial charge in [-0.25, -0.2) is 0 Å². The smallest absolute Gasteiger partial charge is 0.283 e. The number of rotatable bonds is 5. The van der Waals surface area contributed by atoms with Gasteiger partial charge >= 0.3 is 0 Å². The summed E-state index contributed by atoms with van der Waals surface area (Å²) in [7, 11) is 0. The maximum atomic E-state index is 12.2. The van der Waals surface area contributed by atoms with Gasteiger partial charge in [0.25, 0.3) is 11.4 Å². The van der Waals surface area contributed by atoms with E-state index in [2.05, 4.69) is 0 Å². The Balaban J connectivity index is 3.94. The molecule has 8 nitrogen and oxygen atoms in total. The standard InChI is InChI=1S/C15H18N2O6/c1-8(7-18)14(19)10-6-11(16(20)21)12(15(3,4)5)13(9(10)2)17(22)23/h6-8H,1-5H3. The van der Waals surface area contributed by atoms with Crippen molar-refractivity contribution in [1.82, 2.24) is 0 Å². The lowest BCUT2D eigenvalue weighted by Crippen LogP contribution is -2.21. The zero-order chi connectivity index (χ0) is 18.1. The van der Waals surface area contributed by atoms with Crippen LogP contribution in [0.4, 0.5) is 11.4 Å². The molecule has 0 heterocycles. The number of aldehydes is 1. The minimum absolute atomic E-state index is 0.0317. The van der Waals surface area contributed by atoms with Crippen molar-refractivity contribution in [3.05, 3.63) is 43.0 Å². The molecule has 0 aliphatic carbocycles. The van der Waals surface area contributed by atoms with Crippen LogP contribution in [-0.4, -0.2) is 21.9 Å². The number of nitro groups is 2. The Bertz CT molecular complexity index is 703. The Labute approximate surface area is 132 Å². The van der Waals surface area contributed by atoms with Crippen molar-refractivity contribution in [1.29, 1.82) is 0 Å². The van der Waals surface area contributed by atoms with Gasteiger partial charge < -0.3 is 4.79 Å². The highest BCUT2D eigenvalue weighted by Crippen LogP contribution is 2.42. The van der Waals surface area contributed by atoms with Gasteiger partial charge in [0.1, 0.15) is 11.8 Å². The maximum Gasteiger partial charge on any atom is 0.283 e. The summed E-state index contributed by atoms with van der Waals surface area (Å²) in [6, 6.07) is 1.03. The summed E-state index contributed by atoms with van der Waals surface area (Å²) in [4.78, 5) is 44.4. The summed E-state index contributed by atoms with van der Waals surface area (Å²) in [5.41, 5.74) is -1.99. The SMILES string of the molecule is Cc1c(C(=O)C(C)C=O)cc([N+](=O)[O-])c(C(C)(C)C)c1[N+](=O)[O-]. The van der Waals surface area contributed by atoms with E-state index in [0.717, 1.165) is 6.07 Å². The number of carbonyl (C=O) groups is 2. The molecule has 1 aromatic rings. The van der Waals surface area contributed by atoms with Crippen molar-refractivity contribution < 1.29 is 19.4 Å². The Morgan fingerprint density at radius 1 is 1.22 bits per heavy atom. The molecule has 0 amide bonds. The molecule has 0 saturated heterocycles. The van der Waals surface area contributed by atoms with E-state index in [1.54, 1.807) is 20.8 Å². The molecular formula is C15H18N2O6. The van der Waals surface area contributed by atoms with E-state index in [1.807, 2.05) is 0 Å². The van der Waals surface area contributed by atoms with Crippen LogP contribution in [0.25, 0.3) is 0 Å². The number of nitro benzene ring substituents is 2. The number of hydrogen-bond donors (Lipinski definition) is 0. The van der Waals surface area contributed by atoms with Gasteiger partial charge in [-0.05, 0) is 13.8 Å². The number of carbonyl (C=O) groups excluding carboxylic acids is 2. The van der Waals surface area contributed by atoms with Crippen molar-refractivity contribution in [3.63, 3.8) is 0 Å². The Morgan fingerprint density at radius 3 is 2.09 bits per heavy atom. The van der Waals surface area contributed by atoms with Gasteiger partial charge in [0.15, 0.2) is 5.78 Å². The van der Waals surface area contributed by atoms with Crippen LogP contribution in [0.5, 0.6) is 0 Å². The van der Waals surface area contributed by atoms with Crippen molar-refractivity contribution in [2.45, 2.75) is 40.0 Å². The predicted molar refractivity (Wildman–Crippen MR) is 82.7 cm³/mol. The van der Waals surface area contributed by atoms with Crippen LogP contribution in [0.15, 0.2) is 6.07 Å². The van der Waals surface area contributed by atoms with Crippen molar-refractivity contribution in [3.8, 4) is 0 Å². The van der Waals surface area contributed by atoms with E-state index in [0.29, 0.717) is 6.29 Å². The molecule has 23 heavy (non-hydrogen) atoms. The molecular weight excluding hydrogens is 304 g/mol. The summed E-state index contributed by atoms with van der Waals surface area (Å²) in [5, 5.41) is 22.9. The van der Waals surface area contributed by atoms with Crippen LogP contribution >= 0.6 is 0 Å². The monoisotopic (exact) mass is 322 g/mol. The first-order valence-electron chi connectivity index (χ1n) is 6.89. The first-order valence-corrected chi connectivity index (χ1v) is 6.89. The van der Waals surface area contributed by atoms with Crippen molar-refractivity contribution in [2.75, 3.05) is 0 Å². The van der Waals surface area contributed by atoms with Crippen LogP contribution in [0.1, 0.15) is 49.2 Å². The fourth-order valence-corrected chi connectivity index (χ4v) is 2.43. The summed E-state index contributed by atoms with van der Waals surface area (Å²) < 4.78 is 0. The van der Waals surface area contributed by atoms with E-state index in [9.17, 15) is 29.8 Å². The van der Waals surface area contributed by atoms with Gasteiger partial charge in [-0.15, -0.1) is 0 Å². The average Bonchev–Trinajstić information content (AvgIpc) is 2.43. The molecule has 1 rings (SSSR count). The lowest BCUT2D eigenvalue weighted by Gasteiger charge is -2.21. The Kier molecular flexibility index (Phi) is 4.99. The number of nitrogens with zero attached hydrogens (tertiary/aromatic N) is 2. The average molecular weight is 322 g/mol. The van der Waals surface area contributed by atoms with Gasteiger partial charge in [-0.3, -0.25) is 25.0 Å². The van der Waals surface area contributed by atoms with E-state index < -0.39 is 38.3 Å². The van der Waals surface area contributed by atoms with Crippen LogP contribution in [-0.2, 0) is 10.2 Å². The van der Waals surface area contributed by atoms with Crippen molar-refractivity contribution in [2.24, 2.45) is 5.92 Å². The topological polar surface area (TPSA) is 120 Å². The Morgan fingerprint density at radius 2 is 1.74 bits per heavy atom. The molecule has 8 heteroatoms. The molecule has 0 saturated carbocycles. The van der Waals surface area contributed by atoms with Gasteiger partial charge in [0.05, 0.1) is 15.8 Å². The molecule has 1 unspecified atom stereocenters. The second kappa shape index (κ2) is 6.23. The molecule has 1 atom stereocenters. The van der Waals surface area contributed by atoms with Gasteiger partial charge in [0.2, 0.25) is 0 Å². The zero-order valence-electron chi connectivity index (χ0n) is 13.6. The fraction of sp³-hybridized carbons (Fsp3) is 0.467. The molecule has 0 radical (unpaired) electrons. The second-order valence-corrected chi connectivity index (χ2v) is 6.35. The molecule has 0 aliphatic heterocycles. The van der Waals surface area contributed by atoms with E-state index in [1.165, 1.54) is 13.8 Å². The number of hydrogen-bond acceptors (Lipinski definition) is 6. The third-order valence-electron chi connectivity index (χ3n) is 3.55. The Hall–Kier alpha value is -2.64. The number of benzene rings is 1. The third-order valence-corrected chi connectivity index (χ3v) is 3.55. The molecule has 0 aliphatic rings. The maximum absolute atomic E-state index is 12.2. The highest BCUT2D eigenvalue weighted by molar-refractivity contribution is 6.07. The van der Waals surface area contributed by atoms with Crippen molar-refractivity contribution >= 4 is 23.4 Å². The number of Topliss-reactive ketones (excluding diaryl/α,β-unsaturated/α-hetero) is 1. The van der Waals surface area contributed by atoms with Crippen LogP contribution in [0, 0.1) is 33.1 Å². The summed E-state index contributed by atoms with van der Waals surface area (Å²) in [5.74, 6) is -1.71. The lowest BCUT2D eigenvalue weighted by molar-refractivity contribution is -0.396. The van der Waals surface area contributed by atoms with E-state index >= 15 is 0 Å². The van der Waals surface area contributed by atoms with Gasteiger partial charge in [-0.1, -0.05) is 20.8 Å². The van der Waals surface area contributed by atoms with Gasteiger partial charge in [-0.2, -0.15) is 0 Å². The zero-order valence-corrected chi connectivity index (χ0v) is 13.6. The fourth-order valence-electron chi connectivity index (χ4n) is 2.43. The summed E-state index contributed by atoms with van der Waals surface area (Å²) >= 11 is 0. The van der Waals surface area contributed by atoms with Crippen LogP contribution < -0.4 is 0 Å². The molecule has 0 spiro atoms. The quantitative estimate of drug-likeness (QED) is 0.270. The molecule has 1 aromatic carbocycles. The molecule has 124 valence electrons. The largest absolute Gasteiger partial charge is 0.303 e. The van der Waals surface area contributed by atoms with Crippen LogP contribution in [0.3, 0.4) is 0 Å². The van der Waals surface area contributed by atoms with Crippen LogP contribution in [0.2, 0.25) is 0 Å². The van der Waals surface area contributed by atoms with E-state index in [4.69, 9.17) is 0 Å². The van der Waals surface area contributed by atoms with E-state index in [-0.39, 0.29) is 16.7 Å². The first-order chi connectivity index (χ1) is 10.4. The molecule has 0 aromatic heterocycles. The first kappa shape index (κ1) is 18.4. The molecule has 0 N–H and O–H groups in total. The minimum atomic E-state index is -1.03. The second-order valence-electron chi connectivity index (χ2n) is 6.35. The lowest BCUT2D eigenvalue weighted by atomic mass is 9.81. The normalized spacial score (nSPS) is 12.6. The minimum Gasteiger partial charge on any atom is -0.303 e. The van der Waals surface area contributed by atoms with Gasteiger partial charge in [0, 0.05) is 22.6 Å². The predicted octanol–water partition coefficient (Wildman–Crippen LogP) is 3.13. The summed E-state index contributed by atoms with van der Waals surface area (Å²) in [6.45, 7) is 7.57. The summed E-state index contributed by atoms with van der Waals surface area (Å²) in [6.07, 6.45) is 0.400. The highest BCUT2D eigenvalue weighted by atomic mass is 16.6. The highest BCUT2D eigenvalue weighted by Gasteiger charge is 2.38.